The van der Waals surface area contributed by atoms with Gasteiger partial charge < -0.3 is 14.8 Å². The number of nitrogens with one attached hydrogen (secondary N) is 1. The number of benzene rings is 2. The molecule has 0 aromatic heterocycles. The molecule has 1 aliphatic carbocycles. The molecule has 29 heavy (non-hydrogen) atoms. The lowest BCUT2D eigenvalue weighted by molar-refractivity contribution is 0.0520. The van der Waals surface area contributed by atoms with Crippen LogP contribution in [0.4, 0.5) is 4.79 Å². The number of hydrogen-bond acceptors (Lipinski definition) is 3. The van der Waals surface area contributed by atoms with Crippen LogP contribution in [0.15, 0.2) is 54.6 Å². The lowest BCUT2D eigenvalue weighted by atomic mass is 9.92. The van der Waals surface area contributed by atoms with Gasteiger partial charge in [-0.1, -0.05) is 54.1 Å². The maximum atomic E-state index is 12.2. The Morgan fingerprint density at radius 3 is 2.62 bits per heavy atom. The second-order valence-corrected chi connectivity index (χ2v) is 9.19. The zero-order valence-electron chi connectivity index (χ0n) is 17.4. The van der Waals surface area contributed by atoms with Gasteiger partial charge in [0.1, 0.15) is 5.60 Å². The van der Waals surface area contributed by atoms with Crippen LogP contribution < -0.4 is 5.32 Å². The summed E-state index contributed by atoms with van der Waals surface area (Å²) >= 11 is 6.23. The number of carbonyl (C=O) groups is 1. The summed E-state index contributed by atoms with van der Waals surface area (Å²) < 4.78 is 11.3. The van der Waals surface area contributed by atoms with Crippen molar-refractivity contribution < 1.29 is 14.3 Å². The molecule has 0 heterocycles. The van der Waals surface area contributed by atoms with Crippen molar-refractivity contribution in [1.29, 1.82) is 0 Å². The van der Waals surface area contributed by atoms with Gasteiger partial charge in [0.25, 0.3) is 0 Å². The van der Waals surface area contributed by atoms with E-state index in [2.05, 4.69) is 23.5 Å². The number of hydrogen-bond donors (Lipinski definition) is 1. The third kappa shape index (κ3) is 6.22. The van der Waals surface area contributed by atoms with Crippen LogP contribution in [0.5, 0.6) is 0 Å². The lowest BCUT2D eigenvalue weighted by Crippen LogP contribution is -2.37. The van der Waals surface area contributed by atoms with Gasteiger partial charge in [0.2, 0.25) is 0 Å². The van der Waals surface area contributed by atoms with Crippen LogP contribution in [0.25, 0.3) is 0 Å². The van der Waals surface area contributed by atoms with E-state index in [1.54, 1.807) is 0 Å². The maximum absolute atomic E-state index is 12.2. The van der Waals surface area contributed by atoms with Gasteiger partial charge in [-0.3, -0.25) is 0 Å². The minimum absolute atomic E-state index is 0.113. The Hall–Kier alpha value is -2.04. The molecule has 5 heteroatoms. The molecule has 156 valence electrons. The Bertz CT molecular complexity index is 818. The Labute approximate surface area is 178 Å². The highest BCUT2D eigenvalue weighted by Gasteiger charge is 2.54. The normalized spacial score (nSPS) is 20.9. The van der Waals surface area contributed by atoms with Gasteiger partial charge in [0.05, 0.1) is 6.61 Å². The van der Waals surface area contributed by atoms with E-state index in [1.165, 1.54) is 5.56 Å². The molecule has 0 saturated heterocycles. The molecule has 4 nitrogen and oxygen atoms in total. The molecule has 2 aromatic rings. The molecule has 2 atom stereocenters. The summed E-state index contributed by atoms with van der Waals surface area (Å²) in [7, 11) is 0. The molecule has 2 aromatic carbocycles. The van der Waals surface area contributed by atoms with Crippen molar-refractivity contribution in [2.24, 2.45) is 5.92 Å². The highest BCUT2D eigenvalue weighted by atomic mass is 35.5. The van der Waals surface area contributed by atoms with Crippen molar-refractivity contribution >= 4 is 17.7 Å². The van der Waals surface area contributed by atoms with Crippen LogP contribution >= 0.6 is 11.6 Å². The summed E-state index contributed by atoms with van der Waals surface area (Å²) in [6, 6.07) is 18.1. The first kappa shape index (κ1) is 21.7. The molecule has 1 aliphatic rings. The van der Waals surface area contributed by atoms with Crippen LogP contribution in [-0.4, -0.2) is 24.8 Å². The van der Waals surface area contributed by atoms with Crippen LogP contribution in [0.1, 0.15) is 44.7 Å². The van der Waals surface area contributed by atoms with Crippen LogP contribution in [0.2, 0.25) is 5.02 Å². The summed E-state index contributed by atoms with van der Waals surface area (Å²) in [5.41, 5.74) is 1.71. The Balaban J connectivity index is 1.57. The minimum Gasteiger partial charge on any atom is -0.444 e. The summed E-state index contributed by atoms with van der Waals surface area (Å²) in [6.07, 6.45) is 1.55. The van der Waals surface area contributed by atoms with Gasteiger partial charge in [-0.2, -0.15) is 0 Å². The number of carbonyl (C=O) groups excluding carboxylic acids is 1. The van der Waals surface area contributed by atoms with Gasteiger partial charge in [-0.25, -0.2) is 4.79 Å². The predicted octanol–water partition coefficient (Wildman–Crippen LogP) is 5.73. The van der Waals surface area contributed by atoms with Crippen molar-refractivity contribution in [2.75, 3.05) is 13.2 Å². The van der Waals surface area contributed by atoms with Gasteiger partial charge in [-0.05, 0) is 62.8 Å². The Morgan fingerprint density at radius 1 is 1.17 bits per heavy atom. The van der Waals surface area contributed by atoms with Gasteiger partial charge in [-0.15, -0.1) is 0 Å². The van der Waals surface area contributed by atoms with Crippen LogP contribution in [0, 0.1) is 5.92 Å². The van der Waals surface area contributed by atoms with Crippen molar-refractivity contribution in [3.63, 3.8) is 0 Å². The zero-order chi connectivity index (χ0) is 20.9. The van der Waals surface area contributed by atoms with Crippen molar-refractivity contribution in [3.05, 3.63) is 70.7 Å². The molecule has 0 aliphatic heterocycles. The summed E-state index contributed by atoms with van der Waals surface area (Å²) in [6.45, 7) is 7.43. The van der Waals surface area contributed by atoms with Gasteiger partial charge in [0.15, 0.2) is 0 Å². The monoisotopic (exact) mass is 415 g/mol. The second-order valence-electron chi connectivity index (χ2n) is 8.75. The van der Waals surface area contributed by atoms with Crippen molar-refractivity contribution in [2.45, 2.75) is 51.2 Å². The quantitative estimate of drug-likeness (QED) is 0.560. The first-order valence-electron chi connectivity index (χ1n) is 10.1. The summed E-state index contributed by atoms with van der Waals surface area (Å²) in [4.78, 5) is 12.2. The largest absolute Gasteiger partial charge is 0.444 e. The standard InChI is InChI=1S/C24H30ClNO3/c1-23(2,3)29-22(27)26-17-24(19-10-7-11-21(25)14-19)15-20(24)12-13-28-16-18-8-5-4-6-9-18/h4-11,14,20H,12-13,15-17H2,1-3H3,(H,26,27)/t20-,24-/m0/s1. The number of alkyl carbamates (subject to hydrolysis) is 1. The SMILES string of the molecule is CC(C)(C)OC(=O)NC[C@]1(c2cccc(Cl)c2)C[C@@H]1CCOCc1ccccc1. The average molecular weight is 416 g/mol. The van der Waals surface area contributed by atoms with E-state index in [9.17, 15) is 4.79 Å². The van der Waals surface area contributed by atoms with E-state index in [0.29, 0.717) is 30.7 Å². The van der Waals surface area contributed by atoms with Crippen LogP contribution in [-0.2, 0) is 21.5 Å². The van der Waals surface area contributed by atoms with E-state index in [0.717, 1.165) is 18.4 Å². The highest BCUT2D eigenvalue weighted by Crippen LogP contribution is 2.56. The summed E-state index contributed by atoms with van der Waals surface area (Å²) in [5.74, 6) is 0.437. The van der Waals surface area contributed by atoms with E-state index in [-0.39, 0.29) is 11.5 Å². The molecule has 0 bridgehead atoms. The third-order valence-electron chi connectivity index (χ3n) is 5.30. The Kier molecular flexibility index (Phi) is 6.86. The van der Waals surface area contributed by atoms with Crippen molar-refractivity contribution in [1.82, 2.24) is 5.32 Å². The van der Waals surface area contributed by atoms with Crippen molar-refractivity contribution in [3.8, 4) is 0 Å². The predicted molar refractivity (Wildman–Crippen MR) is 116 cm³/mol. The first-order chi connectivity index (χ1) is 13.8. The molecule has 1 saturated carbocycles. The lowest BCUT2D eigenvalue weighted by Gasteiger charge is -2.23. The molecular weight excluding hydrogens is 386 g/mol. The van der Waals surface area contributed by atoms with Gasteiger partial charge >= 0.3 is 6.09 Å². The molecule has 0 unspecified atom stereocenters. The number of rotatable bonds is 8. The number of ether oxygens (including phenoxy) is 2. The maximum Gasteiger partial charge on any atom is 0.407 e. The number of amides is 1. The zero-order valence-corrected chi connectivity index (χ0v) is 18.2. The molecule has 1 N–H and O–H groups in total. The molecule has 1 fully saturated rings. The molecular formula is C24H30ClNO3. The van der Waals surface area contributed by atoms with E-state index < -0.39 is 5.60 Å². The molecule has 0 radical (unpaired) electrons. The fourth-order valence-electron chi connectivity index (χ4n) is 3.76. The fourth-order valence-corrected chi connectivity index (χ4v) is 3.95. The topological polar surface area (TPSA) is 47.6 Å². The minimum atomic E-state index is -0.512. The molecule has 1 amide bonds. The van der Waals surface area contributed by atoms with Gasteiger partial charge in [0, 0.05) is 23.6 Å². The Morgan fingerprint density at radius 2 is 1.93 bits per heavy atom. The second kappa shape index (κ2) is 9.19. The first-order valence-corrected chi connectivity index (χ1v) is 10.5. The third-order valence-corrected chi connectivity index (χ3v) is 5.54. The highest BCUT2D eigenvalue weighted by molar-refractivity contribution is 6.30. The van der Waals surface area contributed by atoms with Crippen LogP contribution in [0.3, 0.4) is 0 Å². The van der Waals surface area contributed by atoms with E-state index in [1.807, 2.05) is 57.2 Å². The molecule has 3 rings (SSSR count). The average Bonchev–Trinajstić information content (AvgIpc) is 3.38. The van der Waals surface area contributed by atoms with E-state index >= 15 is 0 Å². The van der Waals surface area contributed by atoms with E-state index in [4.69, 9.17) is 21.1 Å². The molecule has 0 spiro atoms. The fraction of sp³-hybridized carbons (Fsp3) is 0.458. The summed E-state index contributed by atoms with van der Waals surface area (Å²) in [5, 5.41) is 3.67. The number of halogens is 1. The smallest absolute Gasteiger partial charge is 0.407 e.